The molecule has 61 valence electrons. The van der Waals surface area contributed by atoms with Crippen LogP contribution < -0.4 is 0 Å². The summed E-state index contributed by atoms with van der Waals surface area (Å²) < 4.78 is 0. The van der Waals surface area contributed by atoms with Crippen LogP contribution >= 0.6 is 0 Å². The molecule has 0 aromatic rings. The predicted molar refractivity (Wildman–Crippen MR) is 24.3 cm³/mol. The van der Waals surface area contributed by atoms with Gasteiger partial charge in [-0.05, 0) is 0 Å². The van der Waals surface area contributed by atoms with Crippen LogP contribution in [0.3, 0.4) is 0 Å². The van der Waals surface area contributed by atoms with E-state index in [-0.39, 0.29) is 22.5 Å². The van der Waals surface area contributed by atoms with Crippen LogP contribution in [-0.2, 0) is 17.1 Å². The average molecular weight is 197 g/mol. The van der Waals surface area contributed by atoms with Gasteiger partial charge in [-0.25, -0.2) is 0 Å². The van der Waals surface area contributed by atoms with E-state index in [4.69, 9.17) is 30.6 Å². The van der Waals surface area contributed by atoms with Gasteiger partial charge in [-0.3, -0.25) is 0 Å². The van der Waals surface area contributed by atoms with Crippen LogP contribution in [0.5, 0.6) is 0 Å². The third-order valence-electron chi connectivity index (χ3n) is 0. The Hall–Kier alpha value is -1.12. The molecule has 0 aromatic heterocycles. The summed E-state index contributed by atoms with van der Waals surface area (Å²) in [5.74, 6) is 0. The van der Waals surface area contributed by atoms with Gasteiger partial charge in [0.05, 0.1) is 10.2 Å². The van der Waals surface area contributed by atoms with Crippen molar-refractivity contribution < 1.29 is 32.7 Å². The van der Waals surface area contributed by atoms with Gasteiger partial charge in [0, 0.05) is 0 Å². The van der Waals surface area contributed by atoms with Gasteiger partial charge in [-0.2, -0.15) is 0 Å². The number of hydrogen-bond donors (Lipinski definition) is 0. The molecule has 0 bridgehead atoms. The van der Waals surface area contributed by atoms with E-state index < -0.39 is 10.2 Å². The zero-order valence-corrected chi connectivity index (χ0v) is 5.40. The second kappa shape index (κ2) is 15.7. The van der Waals surface area contributed by atoms with Crippen molar-refractivity contribution in [1.82, 2.24) is 0 Å². The molecule has 0 fully saturated rings. The second-order valence-corrected chi connectivity index (χ2v) is 0.447. The molecule has 0 spiro atoms. The molecule has 10 heavy (non-hydrogen) atoms. The Morgan fingerprint density at radius 1 is 0.800 bits per heavy atom. The molecule has 0 amide bonds. The van der Waals surface area contributed by atoms with Crippen LogP contribution in [0.4, 0.5) is 0 Å². The Morgan fingerprint density at radius 2 is 0.800 bits per heavy atom. The zero-order valence-electron chi connectivity index (χ0n) is 4.22. The fourth-order valence-electron chi connectivity index (χ4n) is 0. The molecule has 0 heterocycles. The molecule has 0 saturated carbocycles. The summed E-state index contributed by atoms with van der Waals surface area (Å²) in [6.07, 6.45) is 0. The van der Waals surface area contributed by atoms with Crippen LogP contribution in [0, 0.1) is 30.6 Å². The summed E-state index contributed by atoms with van der Waals surface area (Å²) >= 11 is 0. The molecule has 0 aliphatic heterocycles. The summed E-state index contributed by atoms with van der Waals surface area (Å²) in [5.41, 5.74) is 0. The van der Waals surface area contributed by atoms with Gasteiger partial charge in [0.25, 0.3) is 0 Å². The van der Waals surface area contributed by atoms with Crippen molar-refractivity contribution in [3.63, 3.8) is 0 Å². The summed E-state index contributed by atoms with van der Waals surface area (Å²) in [4.78, 5) is 16.5. The molecule has 0 atom stereocenters. The maximum Gasteiger partial charge on any atom is 2.00 e. The van der Waals surface area contributed by atoms with Gasteiger partial charge < -0.3 is 36.1 Å². The van der Waals surface area contributed by atoms with Crippen molar-refractivity contribution in [3.8, 4) is 0 Å². The van der Waals surface area contributed by atoms with Crippen molar-refractivity contribution in [2.45, 2.75) is 0 Å². The summed E-state index contributed by atoms with van der Waals surface area (Å²) in [6.45, 7) is 0. The Kier molecular flexibility index (Phi) is 36.3. The maximum absolute atomic E-state index is 8.25. The molecular weight excluding hydrogens is 195 g/mol. The van der Waals surface area contributed by atoms with Gasteiger partial charge in [0.1, 0.15) is 0 Å². The van der Waals surface area contributed by atoms with Crippen LogP contribution in [0.25, 0.3) is 0 Å². The average Bonchev–Trinajstić information content (AvgIpc) is 1.25. The van der Waals surface area contributed by atoms with Gasteiger partial charge in [-0.15, -0.1) is 0 Å². The van der Waals surface area contributed by atoms with E-state index in [1.54, 1.807) is 0 Å². The predicted octanol–water partition coefficient (Wildman–Crippen LogP) is -1.31. The van der Waals surface area contributed by atoms with E-state index in [9.17, 15) is 0 Å². The van der Waals surface area contributed by atoms with Crippen molar-refractivity contribution in [2.24, 2.45) is 0 Å². The number of nitrogens with zero attached hydrogens (tertiary/aromatic N) is 2. The monoisotopic (exact) mass is 197 g/mol. The van der Waals surface area contributed by atoms with Crippen LogP contribution in [-0.4, -0.2) is 15.6 Å². The molecule has 0 aliphatic carbocycles. The minimum atomic E-state index is -1.75. The normalized spacial score (nSPS) is 4.80. The third-order valence-corrected chi connectivity index (χ3v) is 0. The van der Waals surface area contributed by atoms with Gasteiger partial charge in [0.15, 0.2) is 0 Å². The van der Waals surface area contributed by atoms with Crippen molar-refractivity contribution in [3.05, 3.63) is 30.6 Å². The van der Waals surface area contributed by atoms with E-state index in [0.717, 1.165) is 0 Å². The third kappa shape index (κ3) is 189. The van der Waals surface area contributed by atoms with Crippen molar-refractivity contribution in [2.75, 3.05) is 0 Å². The van der Waals surface area contributed by atoms with Crippen molar-refractivity contribution in [1.29, 1.82) is 0 Å². The minimum absolute atomic E-state index is 0. The summed E-state index contributed by atoms with van der Waals surface area (Å²) in [7, 11) is 0. The molecule has 2 N–H and O–H groups in total. The molecule has 0 aliphatic rings. The smallest absolute Gasteiger partial charge is 0.412 e. The van der Waals surface area contributed by atoms with E-state index in [0.29, 0.717) is 0 Å². The van der Waals surface area contributed by atoms with Gasteiger partial charge >= 0.3 is 17.1 Å². The van der Waals surface area contributed by atoms with E-state index in [1.807, 2.05) is 0 Å². The Morgan fingerprint density at radius 3 is 0.800 bits per heavy atom. The summed E-state index contributed by atoms with van der Waals surface area (Å²) in [5, 5.41) is 29.5. The molecule has 0 saturated heterocycles. The first-order chi connectivity index (χ1) is 3.46. The minimum Gasteiger partial charge on any atom is -0.412 e. The van der Waals surface area contributed by atoms with Crippen LogP contribution in [0.1, 0.15) is 0 Å². The SMILES string of the molecule is O.O=[N+]([O-])[O-].O=[N+]([O-])[O-].[Mn+2]. The molecule has 0 unspecified atom stereocenters. The molecular formula is H2MnN2O7. The number of rotatable bonds is 0. The van der Waals surface area contributed by atoms with Gasteiger partial charge in [-0.1, -0.05) is 0 Å². The molecule has 10 heteroatoms. The topological polar surface area (TPSA) is 164 Å². The fraction of sp³-hybridized carbons (Fsp3) is 0. The van der Waals surface area contributed by atoms with E-state index >= 15 is 0 Å². The first-order valence-corrected chi connectivity index (χ1v) is 1.10. The van der Waals surface area contributed by atoms with Crippen LogP contribution in [0.15, 0.2) is 0 Å². The zero-order chi connectivity index (χ0) is 7.15. The largest absolute Gasteiger partial charge is 2.00 e. The second-order valence-electron chi connectivity index (χ2n) is 0.447. The molecule has 0 aromatic carbocycles. The van der Waals surface area contributed by atoms with E-state index in [2.05, 4.69) is 0 Å². The Bertz CT molecular complexity index is 69.6. The fourth-order valence-corrected chi connectivity index (χ4v) is 0. The Balaban J connectivity index is -0.0000000300. The molecule has 9 nitrogen and oxygen atoms in total. The maximum atomic E-state index is 8.25. The van der Waals surface area contributed by atoms with E-state index in [1.165, 1.54) is 0 Å². The Labute approximate surface area is 64.3 Å². The van der Waals surface area contributed by atoms with Gasteiger partial charge in [0.2, 0.25) is 0 Å². The molecule has 0 rings (SSSR count). The first-order valence-electron chi connectivity index (χ1n) is 1.10. The molecule has 1 radical (unpaired) electrons. The first kappa shape index (κ1) is 23.2. The quantitative estimate of drug-likeness (QED) is 0.265. The van der Waals surface area contributed by atoms with Crippen molar-refractivity contribution >= 4 is 0 Å². The van der Waals surface area contributed by atoms with Crippen LogP contribution in [0.2, 0.25) is 0 Å². The number of hydrogen-bond acceptors (Lipinski definition) is 6. The summed E-state index contributed by atoms with van der Waals surface area (Å²) in [6, 6.07) is 0. The standard InChI is InChI=1S/Mn.2NO3.H2O/c;2*2-1(3)4;/h;;;1H2/q+2;2*-1;.